The number of aromatic nitrogens is 4. The summed E-state index contributed by atoms with van der Waals surface area (Å²) in [4.78, 5) is 15.7. The number of furan rings is 1. The monoisotopic (exact) mass is 762 g/mol. The van der Waals surface area contributed by atoms with Crippen LogP contribution in [0, 0.1) is 0 Å². The highest BCUT2D eigenvalue weighted by Gasteiger charge is 2.26. The van der Waals surface area contributed by atoms with E-state index in [-0.39, 0.29) is 0 Å². The molecule has 0 aliphatic heterocycles. The van der Waals surface area contributed by atoms with Gasteiger partial charge in [-0.3, -0.25) is 0 Å². The van der Waals surface area contributed by atoms with Crippen LogP contribution in [0.25, 0.3) is 137 Å². The number of rotatable bonds is 4. The zero-order chi connectivity index (χ0) is 39.1. The van der Waals surface area contributed by atoms with Crippen LogP contribution in [0.3, 0.4) is 0 Å². The van der Waals surface area contributed by atoms with Crippen molar-refractivity contribution in [2.45, 2.75) is 0 Å². The molecule has 0 N–H and O–H groups in total. The minimum absolute atomic E-state index is 0.601. The highest BCUT2D eigenvalue weighted by atomic mass is 16.3. The van der Waals surface area contributed by atoms with Gasteiger partial charge in [0.1, 0.15) is 11.2 Å². The molecule has 11 aromatic carbocycles. The molecule has 0 atom stereocenters. The van der Waals surface area contributed by atoms with E-state index in [1.54, 1.807) is 0 Å². The topological polar surface area (TPSA) is 56.7 Å². The number of benzene rings is 9. The highest BCUT2D eigenvalue weighted by molar-refractivity contribution is 6.44. The summed E-state index contributed by atoms with van der Waals surface area (Å²) >= 11 is 0. The fourth-order valence-electron chi connectivity index (χ4n) is 10.2. The van der Waals surface area contributed by atoms with Gasteiger partial charge in [0.2, 0.25) is 0 Å². The van der Waals surface area contributed by atoms with E-state index >= 15 is 0 Å². The second kappa shape index (κ2) is 11.7. The lowest BCUT2D eigenvalue weighted by Gasteiger charge is -2.15. The molecule has 0 amide bonds. The molecule has 5 nitrogen and oxygen atoms in total. The Morgan fingerprint density at radius 1 is 0.317 bits per heavy atom. The van der Waals surface area contributed by atoms with Gasteiger partial charge in [0.05, 0.1) is 16.7 Å². The molecule has 0 fully saturated rings. The van der Waals surface area contributed by atoms with Crippen LogP contribution < -0.4 is 0 Å². The van der Waals surface area contributed by atoms with Crippen molar-refractivity contribution in [3.05, 3.63) is 182 Å². The summed E-state index contributed by atoms with van der Waals surface area (Å²) in [6.07, 6.45) is 0. The first-order valence-electron chi connectivity index (χ1n) is 20.4. The first kappa shape index (κ1) is 31.9. The molecule has 0 saturated carbocycles. The summed E-state index contributed by atoms with van der Waals surface area (Å²) in [5.41, 5.74) is 7.73. The fraction of sp³-hybridized carbons (Fsp3) is 0. The minimum atomic E-state index is 0.601. The molecule has 0 saturated heterocycles. The molecule has 3 heterocycles. The van der Waals surface area contributed by atoms with E-state index in [0.29, 0.717) is 17.5 Å². The van der Waals surface area contributed by atoms with E-state index in [2.05, 4.69) is 138 Å². The summed E-state index contributed by atoms with van der Waals surface area (Å²) in [7, 11) is 0. The van der Waals surface area contributed by atoms with Gasteiger partial charge in [-0.25, -0.2) is 15.0 Å². The van der Waals surface area contributed by atoms with E-state index in [4.69, 9.17) is 19.4 Å². The lowest BCUT2D eigenvalue weighted by molar-refractivity contribution is 0.669. The third-order valence-electron chi connectivity index (χ3n) is 12.7. The summed E-state index contributed by atoms with van der Waals surface area (Å²) in [5, 5.41) is 17.4. The van der Waals surface area contributed by atoms with Gasteiger partial charge in [0.15, 0.2) is 17.5 Å². The van der Waals surface area contributed by atoms with Gasteiger partial charge in [0, 0.05) is 43.6 Å². The summed E-state index contributed by atoms with van der Waals surface area (Å²) in [6, 6.07) is 64.8. The van der Waals surface area contributed by atoms with Crippen LogP contribution in [0.4, 0.5) is 0 Å². The van der Waals surface area contributed by atoms with Crippen molar-refractivity contribution in [3.8, 4) is 39.9 Å². The lowest BCUT2D eigenvalue weighted by Crippen LogP contribution is -2.03. The molecular formula is C55H30N4O. The second-order valence-electron chi connectivity index (χ2n) is 15.9. The Morgan fingerprint density at radius 2 is 0.900 bits per heavy atom. The summed E-state index contributed by atoms with van der Waals surface area (Å²) < 4.78 is 8.66. The molecule has 60 heavy (non-hydrogen) atoms. The predicted molar refractivity (Wildman–Crippen MR) is 248 cm³/mol. The smallest absolute Gasteiger partial charge is 0.166 e. The van der Waals surface area contributed by atoms with E-state index in [1.165, 1.54) is 64.6 Å². The second-order valence-corrected chi connectivity index (χ2v) is 15.9. The van der Waals surface area contributed by atoms with E-state index in [1.807, 2.05) is 48.5 Å². The molecule has 5 heteroatoms. The van der Waals surface area contributed by atoms with Gasteiger partial charge in [0.25, 0.3) is 0 Å². The van der Waals surface area contributed by atoms with Gasteiger partial charge >= 0.3 is 0 Å². The summed E-state index contributed by atoms with van der Waals surface area (Å²) in [6.45, 7) is 0. The zero-order valence-electron chi connectivity index (χ0n) is 32.0. The average Bonchev–Trinajstić information content (AvgIpc) is 3.94. The van der Waals surface area contributed by atoms with Crippen molar-refractivity contribution in [1.82, 2.24) is 19.5 Å². The molecule has 0 spiro atoms. The molecule has 14 aromatic rings. The Balaban J connectivity index is 1.10. The van der Waals surface area contributed by atoms with Crippen molar-refractivity contribution >= 4 is 97.6 Å². The Kier molecular flexibility index (Phi) is 6.23. The fourth-order valence-corrected chi connectivity index (χ4v) is 10.2. The minimum Gasteiger partial charge on any atom is -0.456 e. The summed E-state index contributed by atoms with van der Waals surface area (Å²) in [5.74, 6) is 1.82. The molecular weight excluding hydrogens is 733 g/mol. The molecule has 14 rings (SSSR count). The van der Waals surface area contributed by atoms with Crippen LogP contribution in [-0.2, 0) is 0 Å². The van der Waals surface area contributed by atoms with Crippen molar-refractivity contribution in [1.29, 1.82) is 0 Å². The van der Waals surface area contributed by atoms with Crippen LogP contribution in [0.5, 0.6) is 0 Å². The van der Waals surface area contributed by atoms with E-state index < -0.39 is 0 Å². The van der Waals surface area contributed by atoms with Gasteiger partial charge in [-0.05, 0) is 97.0 Å². The maximum Gasteiger partial charge on any atom is 0.166 e. The maximum absolute atomic E-state index is 6.21. The molecule has 0 bridgehead atoms. The van der Waals surface area contributed by atoms with Crippen LogP contribution in [0.2, 0.25) is 0 Å². The largest absolute Gasteiger partial charge is 0.456 e. The normalized spacial score (nSPS) is 12.3. The molecule has 0 aliphatic rings. The van der Waals surface area contributed by atoms with Crippen LogP contribution in [0.1, 0.15) is 0 Å². The standard InChI is InChI=1S/C55H30N4O/c1-2-13-31(14-3-1)53-56-54(32-25-28-48-42(29-32)37-19-9-11-24-47(37)60-48)58-55(57-53)41-20-8-10-22-44(41)59-45-23-12-21-38-33-15-4-5-16-34(33)40-27-26-39-35-17-6-7-18-36(35)43-30-46(59)52(50(38)45)51(40)49(39)43/h1-30H. The van der Waals surface area contributed by atoms with E-state index in [9.17, 15) is 0 Å². The van der Waals surface area contributed by atoms with Crippen LogP contribution in [-0.4, -0.2) is 19.5 Å². The number of para-hydroxylation sites is 2. The quantitative estimate of drug-likeness (QED) is 0.179. The van der Waals surface area contributed by atoms with E-state index in [0.717, 1.165) is 55.3 Å². The van der Waals surface area contributed by atoms with Gasteiger partial charge in [-0.1, -0.05) is 133 Å². The van der Waals surface area contributed by atoms with Crippen LogP contribution in [0.15, 0.2) is 186 Å². The molecule has 0 unspecified atom stereocenters. The van der Waals surface area contributed by atoms with Gasteiger partial charge < -0.3 is 8.98 Å². The zero-order valence-corrected chi connectivity index (χ0v) is 32.0. The predicted octanol–water partition coefficient (Wildman–Crippen LogP) is 14.5. The number of hydrogen-bond acceptors (Lipinski definition) is 4. The number of nitrogens with zero attached hydrogens (tertiary/aromatic N) is 4. The third kappa shape index (κ3) is 4.22. The Morgan fingerprint density at radius 3 is 1.68 bits per heavy atom. The molecule has 0 aliphatic carbocycles. The van der Waals surface area contributed by atoms with Crippen molar-refractivity contribution in [2.24, 2.45) is 0 Å². The Bertz CT molecular complexity index is 4070. The van der Waals surface area contributed by atoms with Crippen molar-refractivity contribution in [2.75, 3.05) is 0 Å². The lowest BCUT2D eigenvalue weighted by atomic mass is 9.97. The molecule has 276 valence electrons. The Hall–Kier alpha value is -8.15. The average molecular weight is 763 g/mol. The first-order valence-corrected chi connectivity index (χ1v) is 20.4. The molecule has 3 aromatic heterocycles. The maximum atomic E-state index is 6.21. The number of hydrogen-bond donors (Lipinski definition) is 0. The number of fused-ring (bicyclic) bond motifs is 9. The highest BCUT2D eigenvalue weighted by Crippen LogP contribution is 2.50. The first-order chi connectivity index (χ1) is 29.8. The van der Waals surface area contributed by atoms with Crippen molar-refractivity contribution in [3.63, 3.8) is 0 Å². The third-order valence-corrected chi connectivity index (χ3v) is 12.7. The van der Waals surface area contributed by atoms with Gasteiger partial charge in [-0.15, -0.1) is 0 Å². The van der Waals surface area contributed by atoms with Gasteiger partial charge in [-0.2, -0.15) is 0 Å². The SMILES string of the molecule is c1ccc(-c2nc(-c3ccc4oc5ccccc5c4c3)nc(-c3ccccc3-n3c4cccc5c6ccccc6c6ccc7c8ccccc8c8cc3c(c6c78)c54)n2)cc1. The molecule has 0 radical (unpaired) electrons. The van der Waals surface area contributed by atoms with Crippen LogP contribution >= 0.6 is 0 Å². The Labute approximate surface area is 342 Å². The van der Waals surface area contributed by atoms with Crippen molar-refractivity contribution < 1.29 is 4.42 Å².